The fourth-order valence-electron chi connectivity index (χ4n) is 0.763. The second-order valence-corrected chi connectivity index (χ2v) is 2.49. The fourth-order valence-corrected chi connectivity index (χ4v) is 0.763. The van der Waals surface area contributed by atoms with Crippen LogP contribution in [0.1, 0.15) is 5.69 Å². The van der Waals surface area contributed by atoms with Gasteiger partial charge >= 0.3 is 5.97 Å². The molecule has 0 aliphatic carbocycles. The molecule has 0 fully saturated rings. The smallest absolute Gasteiger partial charge is 0.312 e. The first kappa shape index (κ1) is 10.5. The third kappa shape index (κ3) is 3.02. The number of nitrogens with two attached hydrogens (primary N) is 1. The molecule has 7 nitrogen and oxygen atoms in total. The van der Waals surface area contributed by atoms with E-state index in [9.17, 15) is 4.79 Å². The van der Waals surface area contributed by atoms with Crippen molar-refractivity contribution < 1.29 is 18.9 Å². The molecule has 0 aliphatic heterocycles. The molecular formula is C7H11N3O4. The van der Waals surface area contributed by atoms with Crippen molar-refractivity contribution in [2.75, 3.05) is 26.1 Å². The highest BCUT2D eigenvalue weighted by Gasteiger charge is 2.12. The van der Waals surface area contributed by atoms with Gasteiger partial charge in [0.2, 0.25) is 0 Å². The Balaban J connectivity index is 2.31. The van der Waals surface area contributed by atoms with Crippen molar-refractivity contribution in [1.29, 1.82) is 0 Å². The number of carbonyl (C=O) groups excluding carboxylic acids is 1. The largest absolute Gasteiger partial charge is 0.463 e. The zero-order valence-electron chi connectivity index (χ0n) is 7.73. The van der Waals surface area contributed by atoms with Crippen LogP contribution in [0.2, 0.25) is 0 Å². The number of hydrogen-bond donors (Lipinski definition) is 1. The van der Waals surface area contributed by atoms with E-state index in [4.69, 9.17) is 15.2 Å². The maximum atomic E-state index is 11.1. The highest BCUT2D eigenvalue weighted by molar-refractivity contribution is 5.73. The van der Waals surface area contributed by atoms with Crippen LogP contribution in [0.25, 0.3) is 0 Å². The molecule has 0 amide bonds. The number of carbonyl (C=O) groups is 1. The number of nitrogens with zero attached hydrogens (tertiary/aromatic N) is 2. The van der Waals surface area contributed by atoms with Crippen molar-refractivity contribution in [3.63, 3.8) is 0 Å². The van der Waals surface area contributed by atoms with E-state index in [1.165, 1.54) is 7.11 Å². The molecule has 0 aliphatic rings. The van der Waals surface area contributed by atoms with Crippen LogP contribution in [0.5, 0.6) is 0 Å². The molecule has 78 valence electrons. The number of anilines is 1. The monoisotopic (exact) mass is 201 g/mol. The average molecular weight is 201 g/mol. The Kier molecular flexibility index (Phi) is 3.86. The molecule has 7 heteroatoms. The lowest BCUT2D eigenvalue weighted by atomic mass is 10.3. The van der Waals surface area contributed by atoms with Crippen molar-refractivity contribution in [3.05, 3.63) is 5.69 Å². The number of esters is 1. The molecule has 0 spiro atoms. The zero-order chi connectivity index (χ0) is 10.4. The summed E-state index contributed by atoms with van der Waals surface area (Å²) >= 11 is 0. The van der Waals surface area contributed by atoms with E-state index in [1.54, 1.807) is 0 Å². The summed E-state index contributed by atoms with van der Waals surface area (Å²) in [5, 5.41) is 6.77. The molecule has 1 aromatic rings. The molecule has 0 radical (unpaired) electrons. The molecule has 0 bridgehead atoms. The Morgan fingerprint density at radius 3 is 2.86 bits per heavy atom. The van der Waals surface area contributed by atoms with E-state index in [0.717, 1.165) is 0 Å². The molecule has 2 N–H and O–H groups in total. The molecule has 0 aromatic carbocycles. The Labute approximate surface area is 80.1 Å². The first-order valence-corrected chi connectivity index (χ1v) is 3.95. The molecule has 1 aromatic heterocycles. The van der Waals surface area contributed by atoms with Crippen molar-refractivity contribution in [1.82, 2.24) is 10.3 Å². The van der Waals surface area contributed by atoms with E-state index in [1.807, 2.05) is 0 Å². The van der Waals surface area contributed by atoms with Gasteiger partial charge in [0, 0.05) is 7.11 Å². The Morgan fingerprint density at radius 2 is 2.29 bits per heavy atom. The summed E-state index contributed by atoms with van der Waals surface area (Å²) in [6.45, 7) is 0.568. The molecule has 0 saturated heterocycles. The Morgan fingerprint density at radius 1 is 1.50 bits per heavy atom. The van der Waals surface area contributed by atoms with E-state index in [0.29, 0.717) is 6.61 Å². The minimum atomic E-state index is -0.440. The van der Waals surface area contributed by atoms with Gasteiger partial charge in [0.15, 0.2) is 5.82 Å². The first-order chi connectivity index (χ1) is 6.74. The second kappa shape index (κ2) is 5.18. The van der Waals surface area contributed by atoms with Crippen molar-refractivity contribution >= 4 is 11.8 Å². The lowest BCUT2D eigenvalue weighted by Crippen LogP contribution is -2.12. The van der Waals surface area contributed by atoms with Crippen molar-refractivity contribution in [2.45, 2.75) is 6.42 Å². The predicted octanol–water partition coefficient (Wildman–Crippen LogP) is -0.616. The van der Waals surface area contributed by atoms with Crippen LogP contribution in [0, 0.1) is 0 Å². The van der Waals surface area contributed by atoms with Gasteiger partial charge in [-0.1, -0.05) is 5.16 Å². The predicted molar refractivity (Wildman–Crippen MR) is 45.2 cm³/mol. The summed E-state index contributed by atoms with van der Waals surface area (Å²) in [4.78, 5) is 11.1. The van der Waals surface area contributed by atoms with Gasteiger partial charge in [0.05, 0.1) is 13.0 Å². The summed E-state index contributed by atoms with van der Waals surface area (Å²) in [5.74, 6) is -0.335. The third-order valence-corrected chi connectivity index (χ3v) is 1.45. The van der Waals surface area contributed by atoms with Crippen molar-refractivity contribution in [2.24, 2.45) is 0 Å². The highest BCUT2D eigenvalue weighted by Crippen LogP contribution is 2.05. The van der Waals surface area contributed by atoms with E-state index in [2.05, 4.69) is 14.9 Å². The van der Waals surface area contributed by atoms with Gasteiger partial charge in [-0.15, -0.1) is 0 Å². The summed E-state index contributed by atoms with van der Waals surface area (Å²) in [7, 11) is 1.52. The lowest BCUT2D eigenvalue weighted by Gasteiger charge is -2.01. The molecule has 14 heavy (non-hydrogen) atoms. The van der Waals surface area contributed by atoms with Crippen LogP contribution >= 0.6 is 0 Å². The number of aromatic nitrogens is 2. The maximum Gasteiger partial charge on any atom is 0.312 e. The average Bonchev–Trinajstić information content (AvgIpc) is 2.52. The second-order valence-electron chi connectivity index (χ2n) is 2.49. The summed E-state index contributed by atoms with van der Waals surface area (Å²) in [6, 6.07) is 0. The Hall–Kier alpha value is -1.63. The van der Waals surface area contributed by atoms with Crippen LogP contribution in [0.4, 0.5) is 5.82 Å². The van der Waals surface area contributed by atoms with Crippen LogP contribution in [-0.4, -0.2) is 36.6 Å². The van der Waals surface area contributed by atoms with Gasteiger partial charge in [0.1, 0.15) is 12.3 Å². The fraction of sp³-hybridized carbons (Fsp3) is 0.571. The minimum absolute atomic E-state index is 0.0426. The van der Waals surface area contributed by atoms with Gasteiger partial charge in [-0.2, -0.15) is 0 Å². The van der Waals surface area contributed by atoms with Gasteiger partial charge in [-0.05, 0) is 5.16 Å². The van der Waals surface area contributed by atoms with Gasteiger partial charge in [-0.3, -0.25) is 4.79 Å². The van der Waals surface area contributed by atoms with E-state index < -0.39 is 5.97 Å². The Bertz CT molecular complexity index is 299. The highest BCUT2D eigenvalue weighted by atomic mass is 16.6. The molecule has 0 unspecified atom stereocenters. The molecule has 0 saturated carbocycles. The SMILES string of the molecule is COCCOC(=O)Cc1nonc1N. The standard InChI is InChI=1S/C7H11N3O4/c1-12-2-3-13-6(11)4-5-7(8)10-14-9-5/h2-4H2,1H3,(H2,8,10). The molecule has 1 rings (SSSR count). The normalized spacial score (nSPS) is 10.1. The summed E-state index contributed by atoms with van der Waals surface area (Å²) in [6.07, 6.45) is -0.0426. The number of hydrogen-bond acceptors (Lipinski definition) is 7. The molecule has 0 atom stereocenters. The first-order valence-electron chi connectivity index (χ1n) is 3.95. The van der Waals surface area contributed by atoms with Gasteiger partial charge in [-0.25, -0.2) is 4.63 Å². The van der Waals surface area contributed by atoms with Gasteiger partial charge < -0.3 is 15.2 Å². The third-order valence-electron chi connectivity index (χ3n) is 1.45. The topological polar surface area (TPSA) is 100 Å². The lowest BCUT2D eigenvalue weighted by molar-refractivity contribution is -0.144. The number of methoxy groups -OCH3 is 1. The number of nitrogen functional groups attached to an aromatic ring is 1. The summed E-state index contributed by atoms with van der Waals surface area (Å²) < 4.78 is 13.8. The minimum Gasteiger partial charge on any atom is -0.463 e. The molecular weight excluding hydrogens is 190 g/mol. The number of ether oxygens (including phenoxy) is 2. The summed E-state index contributed by atoms with van der Waals surface area (Å²) in [5.41, 5.74) is 5.63. The van der Waals surface area contributed by atoms with Crippen LogP contribution < -0.4 is 5.73 Å². The van der Waals surface area contributed by atoms with E-state index in [-0.39, 0.29) is 24.5 Å². The number of rotatable bonds is 5. The van der Waals surface area contributed by atoms with Crippen LogP contribution in [0.15, 0.2) is 4.63 Å². The van der Waals surface area contributed by atoms with Crippen LogP contribution in [-0.2, 0) is 20.7 Å². The van der Waals surface area contributed by atoms with Gasteiger partial charge in [0.25, 0.3) is 0 Å². The maximum absolute atomic E-state index is 11.1. The van der Waals surface area contributed by atoms with Crippen molar-refractivity contribution in [3.8, 4) is 0 Å². The molecule has 1 heterocycles. The van der Waals surface area contributed by atoms with Crippen LogP contribution in [0.3, 0.4) is 0 Å². The quantitative estimate of drug-likeness (QED) is 0.500. The zero-order valence-corrected chi connectivity index (χ0v) is 7.73. The van der Waals surface area contributed by atoms with E-state index >= 15 is 0 Å².